The van der Waals surface area contributed by atoms with Crippen LogP contribution in [-0.2, 0) is 0 Å². The van der Waals surface area contributed by atoms with Gasteiger partial charge in [-0.3, -0.25) is 0 Å². The van der Waals surface area contributed by atoms with E-state index in [2.05, 4.69) is 15.6 Å². The van der Waals surface area contributed by atoms with Gasteiger partial charge < -0.3 is 20.8 Å². The molecule has 132 valence electrons. The summed E-state index contributed by atoms with van der Waals surface area (Å²) in [5.74, 6) is -1.89. The standard InChI is InChI=1S/C17H12FN3O3S2/c18-10-3-1-9(2-4-10)13-8-26-17(20-13)21-16(25)19-11-5-6-12(15(23)24)14(22)7-11/h1-8,22H,(H,23,24)(H2,19,20,21,25). The number of halogens is 1. The zero-order chi connectivity index (χ0) is 18.7. The minimum absolute atomic E-state index is 0.196. The number of carboxylic acids is 1. The van der Waals surface area contributed by atoms with Gasteiger partial charge >= 0.3 is 5.97 Å². The highest BCUT2D eigenvalue weighted by Crippen LogP contribution is 2.26. The number of phenols is 1. The van der Waals surface area contributed by atoms with Crippen molar-refractivity contribution in [3.8, 4) is 17.0 Å². The zero-order valence-electron chi connectivity index (χ0n) is 13.1. The van der Waals surface area contributed by atoms with Gasteiger partial charge in [0.05, 0.1) is 5.69 Å². The fraction of sp³-hybridized carbons (Fsp3) is 0. The third-order valence-corrected chi connectivity index (χ3v) is 4.31. The lowest BCUT2D eigenvalue weighted by atomic mass is 10.2. The van der Waals surface area contributed by atoms with E-state index >= 15 is 0 Å². The smallest absolute Gasteiger partial charge is 0.339 e. The Morgan fingerprint density at radius 3 is 2.54 bits per heavy atom. The Hall–Kier alpha value is -3.04. The van der Waals surface area contributed by atoms with Crippen LogP contribution in [0.2, 0.25) is 0 Å². The lowest BCUT2D eigenvalue weighted by Crippen LogP contribution is -2.19. The highest BCUT2D eigenvalue weighted by atomic mass is 32.1. The largest absolute Gasteiger partial charge is 0.507 e. The van der Waals surface area contributed by atoms with E-state index in [9.17, 15) is 14.3 Å². The highest BCUT2D eigenvalue weighted by molar-refractivity contribution is 7.80. The highest BCUT2D eigenvalue weighted by Gasteiger charge is 2.11. The number of rotatable bonds is 4. The summed E-state index contributed by atoms with van der Waals surface area (Å²) in [6.07, 6.45) is 0. The summed E-state index contributed by atoms with van der Waals surface area (Å²) in [6, 6.07) is 10.0. The van der Waals surface area contributed by atoms with Crippen molar-refractivity contribution in [3.63, 3.8) is 0 Å². The van der Waals surface area contributed by atoms with Gasteiger partial charge in [0.15, 0.2) is 10.2 Å². The van der Waals surface area contributed by atoms with Crippen molar-refractivity contribution in [1.29, 1.82) is 0 Å². The van der Waals surface area contributed by atoms with E-state index in [0.717, 1.165) is 5.56 Å². The molecule has 0 aliphatic rings. The number of thiocarbonyl (C=S) groups is 1. The average Bonchev–Trinajstić information content (AvgIpc) is 3.03. The number of aromatic carboxylic acids is 1. The van der Waals surface area contributed by atoms with Crippen LogP contribution >= 0.6 is 23.6 Å². The molecule has 0 spiro atoms. The second-order valence-corrected chi connectivity index (χ2v) is 6.43. The second-order valence-electron chi connectivity index (χ2n) is 5.16. The molecule has 26 heavy (non-hydrogen) atoms. The van der Waals surface area contributed by atoms with Gasteiger partial charge in [0, 0.05) is 22.7 Å². The molecule has 2 aromatic carbocycles. The summed E-state index contributed by atoms with van der Waals surface area (Å²) >= 11 is 6.51. The fourth-order valence-electron chi connectivity index (χ4n) is 2.13. The van der Waals surface area contributed by atoms with Crippen LogP contribution in [0.1, 0.15) is 10.4 Å². The molecule has 0 aliphatic heterocycles. The molecular formula is C17H12FN3O3S2. The first kappa shape index (κ1) is 17.8. The van der Waals surface area contributed by atoms with Crippen LogP contribution in [0.4, 0.5) is 15.2 Å². The Balaban J connectivity index is 1.66. The van der Waals surface area contributed by atoms with Crippen LogP contribution in [0.15, 0.2) is 47.8 Å². The molecule has 9 heteroatoms. The predicted octanol–water partition coefficient (Wildman–Crippen LogP) is 4.16. The Bertz CT molecular complexity index is 974. The molecule has 3 aromatic rings. The molecule has 4 N–H and O–H groups in total. The summed E-state index contributed by atoms with van der Waals surface area (Å²) < 4.78 is 13.0. The van der Waals surface area contributed by atoms with E-state index in [1.54, 1.807) is 12.1 Å². The number of carbonyl (C=O) groups is 1. The summed E-state index contributed by atoms with van der Waals surface area (Å²) in [5, 5.41) is 26.9. The molecule has 0 saturated carbocycles. The van der Waals surface area contributed by atoms with E-state index < -0.39 is 5.97 Å². The third kappa shape index (κ3) is 4.13. The summed E-state index contributed by atoms with van der Waals surface area (Å²) in [5.41, 5.74) is 1.70. The van der Waals surface area contributed by atoms with Crippen LogP contribution in [0.5, 0.6) is 5.75 Å². The molecule has 1 aromatic heterocycles. The topological polar surface area (TPSA) is 94.5 Å². The number of aromatic hydroxyl groups is 1. The average molecular weight is 389 g/mol. The van der Waals surface area contributed by atoms with Crippen LogP contribution < -0.4 is 10.6 Å². The molecular weight excluding hydrogens is 377 g/mol. The van der Waals surface area contributed by atoms with E-state index in [-0.39, 0.29) is 22.2 Å². The first-order chi connectivity index (χ1) is 12.4. The van der Waals surface area contributed by atoms with Gasteiger partial charge in [0.1, 0.15) is 17.1 Å². The Morgan fingerprint density at radius 1 is 1.15 bits per heavy atom. The maximum absolute atomic E-state index is 13.0. The number of benzene rings is 2. The second kappa shape index (κ2) is 7.46. The molecule has 0 aliphatic carbocycles. The van der Waals surface area contributed by atoms with Gasteiger partial charge in [-0.05, 0) is 48.6 Å². The quantitative estimate of drug-likeness (QED) is 0.498. The monoisotopic (exact) mass is 389 g/mol. The summed E-state index contributed by atoms with van der Waals surface area (Å²) in [4.78, 5) is 15.3. The molecule has 6 nitrogen and oxygen atoms in total. The molecule has 0 amide bonds. The maximum atomic E-state index is 13.0. The summed E-state index contributed by atoms with van der Waals surface area (Å²) in [7, 11) is 0. The lowest BCUT2D eigenvalue weighted by molar-refractivity contribution is 0.0694. The summed E-state index contributed by atoms with van der Waals surface area (Å²) in [6.45, 7) is 0. The Kier molecular flexibility index (Phi) is 5.10. The molecule has 0 unspecified atom stereocenters. The molecule has 0 radical (unpaired) electrons. The van der Waals surface area contributed by atoms with Gasteiger partial charge in [0.25, 0.3) is 0 Å². The zero-order valence-corrected chi connectivity index (χ0v) is 14.7. The fourth-order valence-corrected chi connectivity index (χ4v) is 3.14. The van der Waals surface area contributed by atoms with Gasteiger partial charge in [-0.25, -0.2) is 14.2 Å². The van der Waals surface area contributed by atoms with Crippen molar-refractivity contribution in [2.45, 2.75) is 0 Å². The van der Waals surface area contributed by atoms with Crippen molar-refractivity contribution < 1.29 is 19.4 Å². The molecule has 0 bridgehead atoms. The molecule has 0 fully saturated rings. The lowest BCUT2D eigenvalue weighted by Gasteiger charge is -2.09. The number of nitrogens with one attached hydrogen (secondary N) is 2. The van der Waals surface area contributed by atoms with Crippen molar-refractivity contribution in [2.75, 3.05) is 10.6 Å². The van der Waals surface area contributed by atoms with Crippen LogP contribution in [-0.4, -0.2) is 26.3 Å². The normalized spacial score (nSPS) is 10.3. The van der Waals surface area contributed by atoms with Crippen molar-refractivity contribution in [3.05, 3.63) is 59.2 Å². The molecule has 1 heterocycles. The number of hydrogen-bond acceptors (Lipinski definition) is 5. The van der Waals surface area contributed by atoms with Crippen molar-refractivity contribution >= 4 is 45.5 Å². The number of hydrogen-bond donors (Lipinski definition) is 4. The Morgan fingerprint density at radius 2 is 1.88 bits per heavy atom. The number of anilines is 2. The maximum Gasteiger partial charge on any atom is 0.339 e. The minimum Gasteiger partial charge on any atom is -0.507 e. The van der Waals surface area contributed by atoms with Gasteiger partial charge in [-0.1, -0.05) is 0 Å². The number of carboxylic acid groups (broad SMARTS) is 1. The van der Waals surface area contributed by atoms with E-state index in [0.29, 0.717) is 16.5 Å². The van der Waals surface area contributed by atoms with Crippen LogP contribution in [0, 0.1) is 5.82 Å². The molecule has 0 atom stereocenters. The van der Waals surface area contributed by atoms with Gasteiger partial charge in [-0.2, -0.15) is 0 Å². The van der Waals surface area contributed by atoms with Crippen molar-refractivity contribution in [2.24, 2.45) is 0 Å². The Labute approximate surface area is 157 Å². The predicted molar refractivity (Wildman–Crippen MR) is 102 cm³/mol. The van der Waals surface area contributed by atoms with E-state index in [4.69, 9.17) is 17.3 Å². The molecule has 3 rings (SSSR count). The minimum atomic E-state index is -1.22. The third-order valence-electron chi connectivity index (χ3n) is 3.35. The van der Waals surface area contributed by atoms with E-state index in [1.165, 1.54) is 41.7 Å². The van der Waals surface area contributed by atoms with Crippen LogP contribution in [0.25, 0.3) is 11.3 Å². The number of thiazole rings is 1. The SMILES string of the molecule is O=C(O)c1ccc(NC(=S)Nc2nc(-c3ccc(F)cc3)cs2)cc1O. The first-order valence-corrected chi connectivity index (χ1v) is 8.57. The molecule has 0 saturated heterocycles. The van der Waals surface area contributed by atoms with E-state index in [1.807, 2.05) is 5.38 Å². The van der Waals surface area contributed by atoms with Gasteiger partial charge in [-0.15, -0.1) is 11.3 Å². The first-order valence-electron chi connectivity index (χ1n) is 7.28. The van der Waals surface area contributed by atoms with Crippen molar-refractivity contribution in [1.82, 2.24) is 4.98 Å². The van der Waals surface area contributed by atoms with Gasteiger partial charge in [0.2, 0.25) is 0 Å². The number of aromatic nitrogens is 1. The number of nitrogens with zero attached hydrogens (tertiary/aromatic N) is 1. The van der Waals surface area contributed by atoms with Crippen LogP contribution in [0.3, 0.4) is 0 Å².